The van der Waals surface area contributed by atoms with E-state index in [1.54, 1.807) is 0 Å². The summed E-state index contributed by atoms with van der Waals surface area (Å²) in [5.74, 6) is 1.33. The van der Waals surface area contributed by atoms with E-state index in [0.717, 1.165) is 13.1 Å². The minimum absolute atomic E-state index is 0.461. The number of hydrogen-bond acceptors (Lipinski definition) is 3. The first kappa shape index (κ1) is 10.4. The Morgan fingerprint density at radius 3 is 2.92 bits per heavy atom. The number of nitrogens with one attached hydrogen (secondary N) is 1. The molecule has 3 N–H and O–H groups in total. The molecule has 0 bridgehead atoms. The quantitative estimate of drug-likeness (QED) is 0.696. The predicted molar refractivity (Wildman–Crippen MR) is 56.6 cm³/mol. The fourth-order valence-corrected chi connectivity index (χ4v) is 2.71. The Bertz CT molecular complexity index is 132. The Balaban J connectivity index is 2.21. The summed E-state index contributed by atoms with van der Waals surface area (Å²) < 4.78 is 0.476. The zero-order chi connectivity index (χ0) is 9.03. The molecule has 3 heteroatoms. The number of rotatable bonds is 4. The zero-order valence-electron chi connectivity index (χ0n) is 8.10. The van der Waals surface area contributed by atoms with Crippen LogP contribution in [0.5, 0.6) is 0 Å². The van der Waals surface area contributed by atoms with Crippen LogP contribution in [0.25, 0.3) is 0 Å². The van der Waals surface area contributed by atoms with Gasteiger partial charge in [0.25, 0.3) is 0 Å². The fourth-order valence-electron chi connectivity index (χ4n) is 1.45. The molecule has 1 aliphatic heterocycles. The molecular weight excluding hydrogens is 168 g/mol. The maximum absolute atomic E-state index is 5.53. The lowest BCUT2D eigenvalue weighted by molar-refractivity contribution is 0.484. The lowest BCUT2D eigenvalue weighted by Gasteiger charge is -2.25. The van der Waals surface area contributed by atoms with Crippen LogP contribution in [0.4, 0.5) is 0 Å². The van der Waals surface area contributed by atoms with Crippen LogP contribution in [0.3, 0.4) is 0 Å². The summed E-state index contributed by atoms with van der Waals surface area (Å²) >= 11 is 2.09. The second kappa shape index (κ2) is 4.49. The Labute approximate surface area is 79.7 Å². The van der Waals surface area contributed by atoms with Crippen LogP contribution in [-0.2, 0) is 0 Å². The minimum atomic E-state index is 0.461. The van der Waals surface area contributed by atoms with E-state index >= 15 is 0 Å². The average molecular weight is 188 g/mol. The summed E-state index contributed by atoms with van der Waals surface area (Å²) in [5, 5.41) is 3.47. The van der Waals surface area contributed by atoms with E-state index in [-0.39, 0.29) is 0 Å². The normalized spacial score (nSPS) is 32.2. The van der Waals surface area contributed by atoms with Gasteiger partial charge >= 0.3 is 0 Å². The first-order valence-corrected chi connectivity index (χ1v) is 5.72. The highest BCUT2D eigenvalue weighted by molar-refractivity contribution is 8.00. The van der Waals surface area contributed by atoms with Crippen molar-refractivity contribution >= 4 is 11.8 Å². The summed E-state index contributed by atoms with van der Waals surface area (Å²) in [6.45, 7) is 6.33. The van der Waals surface area contributed by atoms with Crippen molar-refractivity contribution in [3.05, 3.63) is 0 Å². The van der Waals surface area contributed by atoms with Crippen molar-refractivity contribution in [2.45, 2.75) is 37.5 Å². The summed E-state index contributed by atoms with van der Waals surface area (Å²) in [5.41, 5.74) is 5.53. The van der Waals surface area contributed by atoms with E-state index < -0.39 is 0 Å². The van der Waals surface area contributed by atoms with Crippen molar-refractivity contribution in [1.29, 1.82) is 0 Å². The van der Waals surface area contributed by atoms with Crippen molar-refractivity contribution in [1.82, 2.24) is 5.32 Å². The van der Waals surface area contributed by atoms with Crippen molar-refractivity contribution in [3.63, 3.8) is 0 Å². The Morgan fingerprint density at radius 2 is 2.42 bits per heavy atom. The van der Waals surface area contributed by atoms with E-state index in [1.165, 1.54) is 18.6 Å². The fraction of sp³-hybridized carbons (Fsp3) is 1.00. The van der Waals surface area contributed by atoms with Crippen LogP contribution in [0.1, 0.15) is 26.7 Å². The Morgan fingerprint density at radius 1 is 1.67 bits per heavy atom. The van der Waals surface area contributed by atoms with E-state index in [0.29, 0.717) is 10.8 Å². The molecule has 0 aromatic rings. The van der Waals surface area contributed by atoms with Crippen molar-refractivity contribution in [2.24, 2.45) is 5.73 Å². The minimum Gasteiger partial charge on any atom is -0.329 e. The lowest BCUT2D eigenvalue weighted by Crippen LogP contribution is -2.41. The van der Waals surface area contributed by atoms with Gasteiger partial charge in [0.2, 0.25) is 0 Å². The van der Waals surface area contributed by atoms with Crippen LogP contribution < -0.4 is 11.1 Å². The van der Waals surface area contributed by atoms with Gasteiger partial charge in [-0.3, -0.25) is 0 Å². The molecule has 2 atom stereocenters. The van der Waals surface area contributed by atoms with Gasteiger partial charge in [-0.05, 0) is 32.4 Å². The highest BCUT2D eigenvalue weighted by Gasteiger charge is 2.29. The third-order valence-corrected chi connectivity index (χ3v) is 4.02. The molecule has 1 fully saturated rings. The molecule has 2 nitrogen and oxygen atoms in total. The predicted octanol–water partition coefficient (Wildman–Crippen LogP) is 1.21. The summed E-state index contributed by atoms with van der Waals surface area (Å²) in [4.78, 5) is 0. The highest BCUT2D eigenvalue weighted by atomic mass is 32.2. The van der Waals surface area contributed by atoms with Crippen LogP contribution in [0, 0.1) is 0 Å². The molecule has 1 saturated heterocycles. The van der Waals surface area contributed by atoms with Gasteiger partial charge in [-0.15, -0.1) is 0 Å². The van der Waals surface area contributed by atoms with Gasteiger partial charge in [0.15, 0.2) is 0 Å². The SMILES string of the molecule is C[C@@H](CN)NCC1(C)CCCS1. The van der Waals surface area contributed by atoms with Gasteiger partial charge in [-0.1, -0.05) is 0 Å². The topological polar surface area (TPSA) is 38.0 Å². The summed E-state index contributed by atoms with van der Waals surface area (Å²) in [6, 6.07) is 0.461. The number of thioether (sulfide) groups is 1. The smallest absolute Gasteiger partial charge is 0.0256 e. The third kappa shape index (κ3) is 2.96. The van der Waals surface area contributed by atoms with Crippen LogP contribution in [0.2, 0.25) is 0 Å². The Kier molecular flexibility index (Phi) is 3.87. The molecule has 1 heterocycles. The standard InChI is InChI=1S/C9H20N2S/c1-8(6-10)11-7-9(2)4-3-5-12-9/h8,11H,3-7,10H2,1-2H3/t8-,9?/m0/s1. The molecule has 1 rings (SSSR count). The molecule has 0 saturated carbocycles. The van der Waals surface area contributed by atoms with E-state index in [9.17, 15) is 0 Å². The molecule has 72 valence electrons. The van der Waals surface area contributed by atoms with Gasteiger partial charge in [0.05, 0.1) is 0 Å². The van der Waals surface area contributed by atoms with Gasteiger partial charge in [-0.2, -0.15) is 11.8 Å². The van der Waals surface area contributed by atoms with E-state index in [2.05, 4.69) is 30.9 Å². The monoisotopic (exact) mass is 188 g/mol. The molecule has 0 radical (unpaired) electrons. The second-order valence-electron chi connectivity index (χ2n) is 3.92. The van der Waals surface area contributed by atoms with Crippen molar-refractivity contribution in [2.75, 3.05) is 18.8 Å². The molecular formula is C9H20N2S. The number of nitrogens with two attached hydrogens (primary N) is 1. The summed E-state index contributed by atoms with van der Waals surface area (Å²) in [6.07, 6.45) is 2.72. The van der Waals surface area contributed by atoms with Crippen LogP contribution in [0.15, 0.2) is 0 Å². The number of hydrogen-bond donors (Lipinski definition) is 2. The van der Waals surface area contributed by atoms with Gasteiger partial charge in [-0.25, -0.2) is 0 Å². The van der Waals surface area contributed by atoms with Crippen LogP contribution >= 0.6 is 11.8 Å². The third-order valence-electron chi connectivity index (χ3n) is 2.48. The molecule has 0 aliphatic carbocycles. The molecule has 0 aromatic heterocycles. The molecule has 1 aliphatic rings. The van der Waals surface area contributed by atoms with Gasteiger partial charge in [0, 0.05) is 23.9 Å². The first-order chi connectivity index (χ1) is 5.66. The van der Waals surface area contributed by atoms with Crippen molar-refractivity contribution < 1.29 is 0 Å². The van der Waals surface area contributed by atoms with Crippen molar-refractivity contribution in [3.8, 4) is 0 Å². The summed E-state index contributed by atoms with van der Waals surface area (Å²) in [7, 11) is 0. The highest BCUT2D eigenvalue weighted by Crippen LogP contribution is 2.36. The Hall–Kier alpha value is 0.270. The van der Waals surface area contributed by atoms with Gasteiger partial charge < -0.3 is 11.1 Å². The lowest BCUT2D eigenvalue weighted by atomic mass is 10.1. The molecule has 12 heavy (non-hydrogen) atoms. The maximum atomic E-state index is 5.53. The second-order valence-corrected chi connectivity index (χ2v) is 5.60. The van der Waals surface area contributed by atoms with E-state index in [1.807, 2.05) is 0 Å². The molecule has 0 aromatic carbocycles. The average Bonchev–Trinajstić information content (AvgIpc) is 2.49. The largest absolute Gasteiger partial charge is 0.329 e. The zero-order valence-corrected chi connectivity index (χ0v) is 8.91. The van der Waals surface area contributed by atoms with Gasteiger partial charge in [0.1, 0.15) is 0 Å². The first-order valence-electron chi connectivity index (χ1n) is 4.74. The van der Waals surface area contributed by atoms with Crippen LogP contribution in [-0.4, -0.2) is 29.6 Å². The van der Waals surface area contributed by atoms with E-state index in [4.69, 9.17) is 5.73 Å². The maximum Gasteiger partial charge on any atom is 0.0256 e. The molecule has 1 unspecified atom stereocenters. The molecule has 0 amide bonds. The molecule has 0 spiro atoms.